The summed E-state index contributed by atoms with van der Waals surface area (Å²) in [7, 11) is -3.02. The molecule has 0 aromatic carbocycles. The lowest BCUT2D eigenvalue weighted by molar-refractivity contribution is 0.319. The third kappa shape index (κ3) is 3.70. The molecular weight excluding hydrogens is 342 g/mol. The van der Waals surface area contributed by atoms with Crippen molar-refractivity contribution in [2.24, 2.45) is 11.8 Å². The molecule has 132 valence electrons. The van der Waals surface area contributed by atoms with Gasteiger partial charge in [0, 0.05) is 0 Å². The first-order valence-electron chi connectivity index (χ1n) is 8.74. The Balaban J connectivity index is 1.60. The van der Waals surface area contributed by atoms with Crippen molar-refractivity contribution < 1.29 is 8.42 Å². The van der Waals surface area contributed by atoms with E-state index in [9.17, 15) is 8.42 Å². The van der Waals surface area contributed by atoms with Gasteiger partial charge in [-0.3, -0.25) is 0 Å². The first-order valence-corrected chi connectivity index (χ1v) is 10.8. The molecule has 0 spiro atoms. The van der Waals surface area contributed by atoms with E-state index in [-0.39, 0.29) is 0 Å². The lowest BCUT2D eigenvalue weighted by Gasteiger charge is -2.31. The molecular formula is C19H26ClNO2S. The molecule has 0 saturated heterocycles. The summed E-state index contributed by atoms with van der Waals surface area (Å²) < 4.78 is 24.2. The molecule has 2 aliphatic rings. The predicted molar refractivity (Wildman–Crippen MR) is 99.9 cm³/mol. The molecule has 0 aliphatic heterocycles. The Hall–Kier alpha value is -0.870. The smallest absolute Gasteiger partial charge is 0.155 e. The molecule has 0 bridgehead atoms. The lowest BCUT2D eigenvalue weighted by atomic mass is 9.78. The average molecular weight is 368 g/mol. The Labute approximate surface area is 150 Å². The molecule has 0 unspecified atom stereocenters. The highest BCUT2D eigenvalue weighted by Gasteiger charge is 2.34. The second-order valence-corrected chi connectivity index (χ2v) is 11.4. The summed E-state index contributed by atoms with van der Waals surface area (Å²) in [5, 5.41) is 0.544. The maximum absolute atomic E-state index is 12.4. The number of pyridine rings is 1. The average Bonchev–Trinajstić information content (AvgIpc) is 2.89. The minimum absolute atomic E-state index is 0.308. The van der Waals surface area contributed by atoms with E-state index in [1.54, 1.807) is 20.8 Å². The van der Waals surface area contributed by atoms with Gasteiger partial charge in [-0.1, -0.05) is 23.2 Å². The van der Waals surface area contributed by atoms with E-state index in [0.717, 1.165) is 37.8 Å². The second-order valence-electron chi connectivity index (χ2n) is 8.19. The van der Waals surface area contributed by atoms with Gasteiger partial charge in [-0.2, -0.15) is 0 Å². The van der Waals surface area contributed by atoms with Gasteiger partial charge in [0.15, 0.2) is 9.84 Å². The fourth-order valence-electron chi connectivity index (χ4n) is 3.72. The Kier molecular flexibility index (Phi) is 4.82. The number of fused-ring (bicyclic) bond motifs is 1. The van der Waals surface area contributed by atoms with Crippen molar-refractivity contribution in [3.8, 4) is 0 Å². The lowest BCUT2D eigenvalue weighted by Crippen LogP contribution is -2.34. The third-order valence-corrected chi connectivity index (χ3v) is 8.44. The molecule has 0 atom stereocenters. The van der Waals surface area contributed by atoms with E-state index in [4.69, 9.17) is 11.6 Å². The number of allylic oxidation sites excluding steroid dienone is 1. The van der Waals surface area contributed by atoms with Crippen molar-refractivity contribution >= 4 is 27.5 Å². The van der Waals surface area contributed by atoms with Gasteiger partial charge < -0.3 is 0 Å². The Morgan fingerprint density at radius 3 is 2.46 bits per heavy atom. The number of halogens is 1. The van der Waals surface area contributed by atoms with E-state index >= 15 is 0 Å². The van der Waals surface area contributed by atoms with Crippen molar-refractivity contribution in [2.45, 2.75) is 57.6 Å². The predicted octanol–water partition coefficient (Wildman–Crippen LogP) is 4.69. The summed E-state index contributed by atoms with van der Waals surface area (Å²) in [5.41, 5.74) is 3.71. The molecule has 1 fully saturated rings. The highest BCUT2D eigenvalue weighted by Crippen LogP contribution is 2.39. The summed E-state index contributed by atoms with van der Waals surface area (Å²) in [4.78, 5) is 4.40. The minimum Gasteiger partial charge on any atom is -0.236 e. The molecule has 5 heteroatoms. The topological polar surface area (TPSA) is 47.0 Å². The molecule has 24 heavy (non-hydrogen) atoms. The normalized spacial score (nSPS) is 24.6. The van der Waals surface area contributed by atoms with Crippen LogP contribution in [-0.4, -0.2) is 23.9 Å². The van der Waals surface area contributed by atoms with Crippen LogP contribution in [0.2, 0.25) is 5.15 Å². The summed E-state index contributed by atoms with van der Waals surface area (Å²) in [6.45, 7) is 5.39. The number of nitrogens with zero attached hydrogens (tertiary/aromatic N) is 1. The quantitative estimate of drug-likeness (QED) is 0.728. The molecule has 1 heterocycles. The second kappa shape index (κ2) is 6.45. The van der Waals surface area contributed by atoms with Crippen LogP contribution < -0.4 is 0 Å². The zero-order valence-corrected chi connectivity index (χ0v) is 16.3. The van der Waals surface area contributed by atoms with Crippen LogP contribution in [0.4, 0.5) is 0 Å². The van der Waals surface area contributed by atoms with E-state index < -0.39 is 14.6 Å². The van der Waals surface area contributed by atoms with Gasteiger partial charge in [0.2, 0.25) is 0 Å². The highest BCUT2D eigenvalue weighted by atomic mass is 35.5. The SMILES string of the molecule is CC(C)(C)S(=O)(=O)CC1CCC(C2=Cc3nc(Cl)ccc3C2)CC1. The summed E-state index contributed by atoms with van der Waals surface area (Å²) in [5.74, 6) is 1.20. The Bertz CT molecular complexity index is 754. The Morgan fingerprint density at radius 2 is 1.83 bits per heavy atom. The maximum atomic E-state index is 12.4. The zero-order valence-electron chi connectivity index (χ0n) is 14.7. The summed E-state index contributed by atoms with van der Waals surface area (Å²) in [6.07, 6.45) is 7.33. The monoisotopic (exact) mass is 367 g/mol. The molecule has 0 amide bonds. The zero-order chi connectivity index (χ0) is 17.5. The number of sulfone groups is 1. The number of rotatable bonds is 3. The van der Waals surface area contributed by atoms with Gasteiger partial charge >= 0.3 is 0 Å². The van der Waals surface area contributed by atoms with Crippen LogP contribution in [0.5, 0.6) is 0 Å². The van der Waals surface area contributed by atoms with Gasteiger partial charge in [-0.25, -0.2) is 13.4 Å². The van der Waals surface area contributed by atoms with Crippen molar-refractivity contribution in [2.75, 3.05) is 5.75 Å². The number of aromatic nitrogens is 1. The van der Waals surface area contributed by atoms with Gasteiger partial charge in [0.05, 0.1) is 16.2 Å². The number of hydrogen-bond donors (Lipinski definition) is 0. The van der Waals surface area contributed by atoms with Crippen molar-refractivity contribution in [3.63, 3.8) is 0 Å². The van der Waals surface area contributed by atoms with E-state index in [1.807, 2.05) is 6.07 Å². The van der Waals surface area contributed by atoms with Crippen molar-refractivity contribution in [3.05, 3.63) is 34.1 Å². The van der Waals surface area contributed by atoms with Crippen LogP contribution in [0.15, 0.2) is 17.7 Å². The molecule has 3 nitrogen and oxygen atoms in total. The summed E-state index contributed by atoms with van der Waals surface area (Å²) >= 11 is 5.98. The molecule has 1 aromatic rings. The van der Waals surface area contributed by atoms with Crippen LogP contribution in [0, 0.1) is 11.8 Å². The molecule has 1 saturated carbocycles. The van der Waals surface area contributed by atoms with Crippen LogP contribution in [0.3, 0.4) is 0 Å². The summed E-state index contributed by atoms with van der Waals surface area (Å²) in [6, 6.07) is 3.92. The molecule has 3 rings (SSSR count). The van der Waals surface area contributed by atoms with Gasteiger partial charge in [-0.05, 0) is 82.4 Å². The van der Waals surface area contributed by atoms with Gasteiger partial charge in [-0.15, -0.1) is 0 Å². The van der Waals surface area contributed by atoms with Crippen LogP contribution in [0.25, 0.3) is 6.08 Å². The van der Waals surface area contributed by atoms with Gasteiger partial charge in [0.25, 0.3) is 0 Å². The third-order valence-electron chi connectivity index (χ3n) is 5.45. The minimum atomic E-state index is -3.02. The molecule has 2 aliphatic carbocycles. The van der Waals surface area contributed by atoms with Crippen molar-refractivity contribution in [1.82, 2.24) is 4.98 Å². The highest BCUT2D eigenvalue weighted by molar-refractivity contribution is 7.92. The maximum Gasteiger partial charge on any atom is 0.155 e. The fourth-order valence-corrected chi connectivity index (χ4v) is 5.33. The van der Waals surface area contributed by atoms with E-state index in [2.05, 4.69) is 17.1 Å². The van der Waals surface area contributed by atoms with E-state index in [1.165, 1.54) is 11.1 Å². The first kappa shape index (κ1) is 17.9. The van der Waals surface area contributed by atoms with Crippen LogP contribution >= 0.6 is 11.6 Å². The van der Waals surface area contributed by atoms with Crippen molar-refractivity contribution in [1.29, 1.82) is 0 Å². The first-order chi connectivity index (χ1) is 11.2. The fraction of sp³-hybridized carbons (Fsp3) is 0.632. The number of hydrogen-bond acceptors (Lipinski definition) is 3. The molecule has 0 N–H and O–H groups in total. The Morgan fingerprint density at radius 1 is 1.17 bits per heavy atom. The van der Waals surface area contributed by atoms with Crippen LogP contribution in [0.1, 0.15) is 57.7 Å². The molecule has 1 aromatic heterocycles. The molecule has 0 radical (unpaired) electrons. The van der Waals surface area contributed by atoms with Gasteiger partial charge in [0.1, 0.15) is 5.15 Å². The largest absolute Gasteiger partial charge is 0.236 e. The van der Waals surface area contributed by atoms with E-state index in [0.29, 0.717) is 22.7 Å². The van der Waals surface area contributed by atoms with Crippen LogP contribution in [-0.2, 0) is 16.3 Å². The standard InChI is InChI=1S/C19H26ClNO2S/c1-19(2,3)24(22,23)12-13-4-6-14(7-5-13)16-10-15-8-9-18(20)21-17(15)11-16/h8-9,11,13-14H,4-7,10,12H2,1-3H3.